The molecule has 0 saturated carbocycles. The second-order valence-corrected chi connectivity index (χ2v) is 6.94. The fourth-order valence-electron chi connectivity index (χ4n) is 3.40. The van der Waals surface area contributed by atoms with Crippen LogP contribution in [-0.4, -0.2) is 43.0 Å². The molecule has 3 aromatic heterocycles. The Morgan fingerprint density at radius 1 is 1.43 bits per heavy atom. The van der Waals surface area contributed by atoms with Gasteiger partial charge in [0.15, 0.2) is 0 Å². The quantitative estimate of drug-likeness (QED) is 0.742. The van der Waals surface area contributed by atoms with E-state index in [4.69, 9.17) is 0 Å². The maximum absolute atomic E-state index is 13.1. The second kappa shape index (κ2) is 5.81. The van der Waals surface area contributed by atoms with Gasteiger partial charge >= 0.3 is 0 Å². The summed E-state index contributed by atoms with van der Waals surface area (Å²) >= 11 is 1.67. The summed E-state index contributed by atoms with van der Waals surface area (Å²) in [7, 11) is 1.97. The zero-order chi connectivity index (χ0) is 15.8. The Morgan fingerprint density at radius 3 is 3.13 bits per heavy atom. The molecule has 1 amide bonds. The molecule has 6 nitrogen and oxygen atoms in total. The van der Waals surface area contributed by atoms with Crippen molar-refractivity contribution in [3.63, 3.8) is 0 Å². The third kappa shape index (κ3) is 2.55. The number of amides is 1. The lowest BCUT2D eigenvalue weighted by Crippen LogP contribution is -2.46. The lowest BCUT2D eigenvalue weighted by Gasteiger charge is -2.35. The Balaban J connectivity index is 1.61. The minimum Gasteiger partial charge on any atom is -0.333 e. The van der Waals surface area contributed by atoms with Crippen LogP contribution in [0.25, 0.3) is 10.2 Å². The predicted octanol–water partition coefficient (Wildman–Crippen LogP) is 2.53. The minimum atomic E-state index is 0.126. The molecule has 4 rings (SSSR count). The lowest BCUT2D eigenvalue weighted by atomic mass is 10.0. The number of piperidine rings is 1. The smallest absolute Gasteiger partial charge is 0.270 e. The van der Waals surface area contributed by atoms with E-state index in [1.807, 2.05) is 33.5 Å². The number of rotatable bonds is 3. The van der Waals surface area contributed by atoms with Crippen molar-refractivity contribution < 1.29 is 4.79 Å². The van der Waals surface area contributed by atoms with Gasteiger partial charge in [0.1, 0.15) is 10.5 Å². The number of hydrogen-bond acceptors (Lipinski definition) is 4. The van der Waals surface area contributed by atoms with Gasteiger partial charge in [-0.1, -0.05) is 5.21 Å². The van der Waals surface area contributed by atoms with E-state index in [-0.39, 0.29) is 11.9 Å². The van der Waals surface area contributed by atoms with Crippen LogP contribution >= 0.6 is 11.3 Å². The molecule has 0 aliphatic carbocycles. The number of carbonyl (C=O) groups is 1. The van der Waals surface area contributed by atoms with Gasteiger partial charge in [0.25, 0.3) is 5.91 Å². The molecule has 23 heavy (non-hydrogen) atoms. The SMILES string of the molecule is Cn1c(C(=O)N2CCCCC2Cn2ccnn2)cc2ccsc21. The van der Waals surface area contributed by atoms with Gasteiger partial charge in [-0.25, -0.2) is 0 Å². The van der Waals surface area contributed by atoms with E-state index in [0.717, 1.165) is 41.7 Å². The summed E-state index contributed by atoms with van der Waals surface area (Å²) in [6, 6.07) is 4.26. The molecule has 1 aliphatic heterocycles. The fraction of sp³-hybridized carbons (Fsp3) is 0.438. The summed E-state index contributed by atoms with van der Waals surface area (Å²) in [6.45, 7) is 1.53. The molecule has 0 spiro atoms. The molecule has 3 aromatic rings. The van der Waals surface area contributed by atoms with E-state index in [0.29, 0.717) is 6.54 Å². The maximum atomic E-state index is 13.1. The number of thiophene rings is 1. The maximum Gasteiger partial charge on any atom is 0.270 e. The summed E-state index contributed by atoms with van der Waals surface area (Å²) in [5.41, 5.74) is 0.775. The number of likely N-dealkylation sites (tertiary alicyclic amines) is 1. The van der Waals surface area contributed by atoms with Crippen LogP contribution in [0.1, 0.15) is 29.8 Å². The van der Waals surface area contributed by atoms with Crippen LogP contribution in [0.4, 0.5) is 0 Å². The van der Waals surface area contributed by atoms with Crippen LogP contribution in [0, 0.1) is 0 Å². The molecule has 1 unspecified atom stereocenters. The van der Waals surface area contributed by atoms with Crippen molar-refractivity contribution in [1.82, 2.24) is 24.5 Å². The highest BCUT2D eigenvalue weighted by Gasteiger charge is 2.29. The highest BCUT2D eigenvalue weighted by Crippen LogP contribution is 2.27. The van der Waals surface area contributed by atoms with Crippen LogP contribution in [0.15, 0.2) is 29.9 Å². The summed E-state index contributed by atoms with van der Waals surface area (Å²) in [6.07, 6.45) is 6.78. The number of carbonyl (C=O) groups excluding carboxylic acids is 1. The average Bonchev–Trinajstić information content (AvgIpc) is 3.27. The normalized spacial score (nSPS) is 18.7. The first-order valence-corrected chi connectivity index (χ1v) is 8.80. The summed E-state index contributed by atoms with van der Waals surface area (Å²) in [4.78, 5) is 16.3. The number of fused-ring (bicyclic) bond motifs is 1. The van der Waals surface area contributed by atoms with Crippen molar-refractivity contribution in [1.29, 1.82) is 0 Å². The summed E-state index contributed by atoms with van der Waals surface area (Å²) in [5.74, 6) is 0.126. The molecule has 0 bridgehead atoms. The minimum absolute atomic E-state index is 0.126. The largest absolute Gasteiger partial charge is 0.333 e. The first kappa shape index (κ1) is 14.4. The molecule has 0 N–H and O–H groups in total. The standard InChI is InChI=1S/C16H19N5OS/c1-19-14(10-12-5-9-23-16(12)19)15(22)21-7-3-2-4-13(21)11-20-8-6-17-18-20/h5-6,8-10,13H,2-4,7,11H2,1H3. The molecule has 1 fully saturated rings. The van der Waals surface area contributed by atoms with Crippen molar-refractivity contribution in [3.05, 3.63) is 35.6 Å². The van der Waals surface area contributed by atoms with E-state index >= 15 is 0 Å². The van der Waals surface area contributed by atoms with Crippen LogP contribution in [0.3, 0.4) is 0 Å². The molecule has 1 aliphatic rings. The Bertz CT molecular complexity index is 819. The molecule has 0 radical (unpaired) electrons. The highest BCUT2D eigenvalue weighted by atomic mass is 32.1. The molecule has 7 heteroatoms. The number of aryl methyl sites for hydroxylation is 1. The Kier molecular flexibility index (Phi) is 3.65. The zero-order valence-corrected chi connectivity index (χ0v) is 13.9. The molecule has 1 atom stereocenters. The van der Waals surface area contributed by atoms with Crippen molar-refractivity contribution in [3.8, 4) is 0 Å². The average molecular weight is 329 g/mol. The molecular weight excluding hydrogens is 310 g/mol. The first-order valence-electron chi connectivity index (χ1n) is 7.92. The molecule has 1 saturated heterocycles. The molecule has 120 valence electrons. The summed E-state index contributed by atoms with van der Waals surface area (Å²) in [5, 5.41) is 11.1. The van der Waals surface area contributed by atoms with E-state index in [9.17, 15) is 4.79 Å². The van der Waals surface area contributed by atoms with Crippen molar-refractivity contribution in [2.24, 2.45) is 7.05 Å². The summed E-state index contributed by atoms with van der Waals surface area (Å²) < 4.78 is 3.84. The van der Waals surface area contributed by atoms with Gasteiger partial charge in [0.2, 0.25) is 0 Å². The Labute approximate surface area is 138 Å². The van der Waals surface area contributed by atoms with Crippen molar-refractivity contribution >= 4 is 27.5 Å². The van der Waals surface area contributed by atoms with Gasteiger partial charge in [0, 0.05) is 25.2 Å². The fourth-order valence-corrected chi connectivity index (χ4v) is 4.27. The van der Waals surface area contributed by atoms with Crippen LogP contribution in [0.5, 0.6) is 0 Å². The predicted molar refractivity (Wildman–Crippen MR) is 89.5 cm³/mol. The van der Waals surface area contributed by atoms with E-state index in [1.54, 1.807) is 17.5 Å². The van der Waals surface area contributed by atoms with Gasteiger partial charge in [0.05, 0.1) is 18.8 Å². The zero-order valence-electron chi connectivity index (χ0n) is 13.1. The van der Waals surface area contributed by atoms with Crippen LogP contribution in [0.2, 0.25) is 0 Å². The van der Waals surface area contributed by atoms with Crippen molar-refractivity contribution in [2.75, 3.05) is 6.54 Å². The molecule has 0 aromatic carbocycles. The topological polar surface area (TPSA) is 56.0 Å². The number of nitrogens with zero attached hydrogens (tertiary/aromatic N) is 5. The third-order valence-electron chi connectivity index (χ3n) is 4.61. The lowest BCUT2D eigenvalue weighted by molar-refractivity contribution is 0.0574. The van der Waals surface area contributed by atoms with Crippen molar-refractivity contribution in [2.45, 2.75) is 31.8 Å². The highest BCUT2D eigenvalue weighted by molar-refractivity contribution is 7.16. The van der Waals surface area contributed by atoms with E-state index in [1.165, 1.54) is 0 Å². The van der Waals surface area contributed by atoms with Gasteiger partial charge in [-0.3, -0.25) is 9.48 Å². The van der Waals surface area contributed by atoms with E-state index < -0.39 is 0 Å². The number of hydrogen-bond donors (Lipinski definition) is 0. The van der Waals surface area contributed by atoms with E-state index in [2.05, 4.69) is 21.8 Å². The number of aromatic nitrogens is 4. The second-order valence-electron chi connectivity index (χ2n) is 6.04. The molecule has 4 heterocycles. The van der Waals surface area contributed by atoms with Crippen LogP contribution in [-0.2, 0) is 13.6 Å². The monoisotopic (exact) mass is 329 g/mol. The van der Waals surface area contributed by atoms with Crippen LogP contribution < -0.4 is 0 Å². The molecular formula is C16H19N5OS. The third-order valence-corrected chi connectivity index (χ3v) is 5.61. The Hall–Kier alpha value is -2.15. The first-order chi connectivity index (χ1) is 11.2. The van der Waals surface area contributed by atoms with Gasteiger partial charge in [-0.2, -0.15) is 0 Å². The van der Waals surface area contributed by atoms with Gasteiger partial charge in [-0.05, 0) is 36.8 Å². The Morgan fingerprint density at radius 2 is 2.35 bits per heavy atom. The van der Waals surface area contributed by atoms with Gasteiger partial charge < -0.3 is 9.47 Å². The van der Waals surface area contributed by atoms with Gasteiger partial charge in [-0.15, -0.1) is 16.4 Å².